The van der Waals surface area contributed by atoms with Gasteiger partial charge in [-0.05, 0) is 30.6 Å². The number of hydrogen-bond acceptors (Lipinski definition) is 2. The Kier molecular flexibility index (Phi) is 4.03. The van der Waals surface area contributed by atoms with Crippen LogP contribution in [0.2, 0.25) is 0 Å². The van der Waals surface area contributed by atoms with Crippen LogP contribution in [-0.2, 0) is 0 Å². The maximum atomic E-state index is 3.88. The van der Waals surface area contributed by atoms with Crippen molar-refractivity contribution in [3.63, 3.8) is 0 Å². The molecule has 0 saturated carbocycles. The summed E-state index contributed by atoms with van der Waals surface area (Å²) in [4.78, 5) is 3.88. The summed E-state index contributed by atoms with van der Waals surface area (Å²) in [6.45, 7) is 0. The standard InChI is InChI=1S/C11H16N2/c1-12-8-4-6-10-5-3-7-11(9-10)13-2/h4-6,8-9,13H,3,7H2,1-2H3/b6-4-,12-8?. The third kappa shape index (κ3) is 3.28. The molecular weight excluding hydrogens is 160 g/mol. The lowest BCUT2D eigenvalue weighted by molar-refractivity contribution is 0.836. The number of rotatable bonds is 3. The Morgan fingerprint density at radius 2 is 2.38 bits per heavy atom. The Labute approximate surface area is 79.8 Å². The molecule has 0 aromatic heterocycles. The van der Waals surface area contributed by atoms with Gasteiger partial charge < -0.3 is 5.32 Å². The molecule has 2 heteroatoms. The molecule has 0 unspecified atom stereocenters. The van der Waals surface area contributed by atoms with Crippen LogP contribution in [0.3, 0.4) is 0 Å². The summed E-state index contributed by atoms with van der Waals surface area (Å²) in [5.74, 6) is 0. The van der Waals surface area contributed by atoms with E-state index in [1.807, 2.05) is 13.1 Å². The molecule has 1 N–H and O–H groups in total. The Morgan fingerprint density at radius 3 is 3.08 bits per heavy atom. The van der Waals surface area contributed by atoms with Gasteiger partial charge in [0.15, 0.2) is 0 Å². The SMILES string of the molecule is CN=C/C=C\C1=CCCC(NC)=C1. The summed E-state index contributed by atoms with van der Waals surface area (Å²) in [7, 11) is 3.74. The Balaban J connectivity index is 2.60. The number of hydrogen-bond donors (Lipinski definition) is 1. The van der Waals surface area contributed by atoms with E-state index in [2.05, 4.69) is 28.5 Å². The highest BCUT2D eigenvalue weighted by molar-refractivity contribution is 5.72. The smallest absolute Gasteiger partial charge is 0.0277 e. The van der Waals surface area contributed by atoms with Crippen molar-refractivity contribution in [2.45, 2.75) is 12.8 Å². The van der Waals surface area contributed by atoms with Crippen LogP contribution >= 0.6 is 0 Å². The van der Waals surface area contributed by atoms with Gasteiger partial charge in [-0.25, -0.2) is 0 Å². The molecular formula is C11H16N2. The van der Waals surface area contributed by atoms with Crippen LogP contribution in [0.1, 0.15) is 12.8 Å². The van der Waals surface area contributed by atoms with E-state index in [1.165, 1.54) is 11.3 Å². The minimum Gasteiger partial charge on any atom is -0.391 e. The van der Waals surface area contributed by atoms with Gasteiger partial charge in [-0.15, -0.1) is 0 Å². The molecule has 13 heavy (non-hydrogen) atoms. The fraction of sp³-hybridized carbons (Fsp3) is 0.364. The highest BCUT2D eigenvalue weighted by Crippen LogP contribution is 2.15. The number of allylic oxidation sites excluding steroid dienone is 6. The fourth-order valence-corrected chi connectivity index (χ4v) is 1.28. The Hall–Kier alpha value is -1.31. The van der Waals surface area contributed by atoms with Gasteiger partial charge in [0.1, 0.15) is 0 Å². The molecule has 0 bridgehead atoms. The molecule has 70 valence electrons. The van der Waals surface area contributed by atoms with E-state index >= 15 is 0 Å². The summed E-state index contributed by atoms with van der Waals surface area (Å²) in [5, 5.41) is 3.18. The third-order valence-corrected chi connectivity index (χ3v) is 1.98. The van der Waals surface area contributed by atoms with Crippen LogP contribution in [-0.4, -0.2) is 20.3 Å². The molecule has 0 atom stereocenters. The first-order valence-corrected chi connectivity index (χ1v) is 4.54. The molecule has 0 amide bonds. The van der Waals surface area contributed by atoms with E-state index in [0.717, 1.165) is 12.8 Å². The van der Waals surface area contributed by atoms with Gasteiger partial charge >= 0.3 is 0 Å². The molecule has 0 spiro atoms. The predicted molar refractivity (Wildman–Crippen MR) is 58.0 cm³/mol. The van der Waals surface area contributed by atoms with E-state index in [0.29, 0.717) is 0 Å². The van der Waals surface area contributed by atoms with Crippen molar-refractivity contribution in [3.05, 3.63) is 35.6 Å². The minimum absolute atomic E-state index is 1.12. The molecule has 0 aromatic rings. The fourth-order valence-electron chi connectivity index (χ4n) is 1.28. The lowest BCUT2D eigenvalue weighted by Gasteiger charge is -2.10. The van der Waals surface area contributed by atoms with Gasteiger partial charge in [-0.2, -0.15) is 0 Å². The van der Waals surface area contributed by atoms with E-state index < -0.39 is 0 Å². The maximum absolute atomic E-state index is 3.88. The molecule has 2 nitrogen and oxygen atoms in total. The third-order valence-electron chi connectivity index (χ3n) is 1.98. The molecule has 1 aliphatic rings. The van der Waals surface area contributed by atoms with Crippen LogP contribution in [0.4, 0.5) is 0 Å². The summed E-state index contributed by atoms with van der Waals surface area (Å²) >= 11 is 0. The Morgan fingerprint density at radius 1 is 1.54 bits per heavy atom. The van der Waals surface area contributed by atoms with Crippen molar-refractivity contribution in [2.75, 3.05) is 14.1 Å². The van der Waals surface area contributed by atoms with Gasteiger partial charge in [-0.1, -0.05) is 12.2 Å². The highest BCUT2D eigenvalue weighted by Gasteiger charge is 2.00. The van der Waals surface area contributed by atoms with Gasteiger partial charge in [0.25, 0.3) is 0 Å². The second-order valence-electron chi connectivity index (χ2n) is 2.93. The van der Waals surface area contributed by atoms with Gasteiger partial charge in [-0.3, -0.25) is 4.99 Å². The minimum atomic E-state index is 1.12. The number of nitrogens with zero attached hydrogens (tertiary/aromatic N) is 1. The van der Waals surface area contributed by atoms with Gasteiger partial charge in [0, 0.05) is 26.0 Å². The molecule has 1 aliphatic carbocycles. The van der Waals surface area contributed by atoms with Gasteiger partial charge in [0.05, 0.1) is 0 Å². The quantitative estimate of drug-likeness (QED) is 0.654. The van der Waals surface area contributed by atoms with Crippen molar-refractivity contribution in [2.24, 2.45) is 4.99 Å². The number of aliphatic imine (C=N–C) groups is 1. The first kappa shape index (κ1) is 9.78. The van der Waals surface area contributed by atoms with Crippen LogP contribution in [0.25, 0.3) is 0 Å². The summed E-state index contributed by atoms with van der Waals surface area (Å²) in [6.07, 6.45) is 12.5. The van der Waals surface area contributed by atoms with Crippen molar-refractivity contribution in [1.82, 2.24) is 5.32 Å². The average molecular weight is 176 g/mol. The zero-order valence-corrected chi connectivity index (χ0v) is 8.25. The average Bonchev–Trinajstić information content (AvgIpc) is 2.19. The molecule has 0 fully saturated rings. The highest BCUT2D eigenvalue weighted by atomic mass is 14.8. The van der Waals surface area contributed by atoms with Crippen molar-refractivity contribution in [3.8, 4) is 0 Å². The normalized spacial score (nSPS) is 17.7. The van der Waals surface area contributed by atoms with E-state index in [9.17, 15) is 0 Å². The topological polar surface area (TPSA) is 24.4 Å². The summed E-state index contributed by atoms with van der Waals surface area (Å²) < 4.78 is 0. The lowest BCUT2D eigenvalue weighted by atomic mass is 10.0. The maximum Gasteiger partial charge on any atom is 0.0277 e. The zero-order valence-electron chi connectivity index (χ0n) is 8.25. The van der Waals surface area contributed by atoms with E-state index in [1.54, 1.807) is 13.3 Å². The van der Waals surface area contributed by atoms with Gasteiger partial charge in [0.2, 0.25) is 0 Å². The first-order chi connectivity index (χ1) is 6.36. The summed E-state index contributed by atoms with van der Waals surface area (Å²) in [5.41, 5.74) is 2.56. The van der Waals surface area contributed by atoms with E-state index in [-0.39, 0.29) is 0 Å². The zero-order chi connectivity index (χ0) is 9.52. The van der Waals surface area contributed by atoms with Crippen molar-refractivity contribution < 1.29 is 0 Å². The van der Waals surface area contributed by atoms with Crippen molar-refractivity contribution in [1.29, 1.82) is 0 Å². The lowest BCUT2D eigenvalue weighted by Crippen LogP contribution is -2.07. The predicted octanol–water partition coefficient (Wildman–Crippen LogP) is 2.07. The van der Waals surface area contributed by atoms with Crippen LogP contribution in [0.5, 0.6) is 0 Å². The summed E-state index contributed by atoms with van der Waals surface area (Å²) in [6, 6.07) is 0. The van der Waals surface area contributed by atoms with Crippen LogP contribution in [0.15, 0.2) is 40.6 Å². The molecule has 0 heterocycles. The number of nitrogens with one attached hydrogen (secondary N) is 1. The molecule has 1 rings (SSSR count). The first-order valence-electron chi connectivity index (χ1n) is 4.54. The van der Waals surface area contributed by atoms with Crippen LogP contribution in [0, 0.1) is 0 Å². The van der Waals surface area contributed by atoms with E-state index in [4.69, 9.17) is 0 Å². The van der Waals surface area contributed by atoms with Crippen LogP contribution < -0.4 is 5.32 Å². The second-order valence-corrected chi connectivity index (χ2v) is 2.93. The Bertz CT molecular complexity index is 270. The molecule has 0 radical (unpaired) electrons. The largest absolute Gasteiger partial charge is 0.391 e. The molecule has 0 aliphatic heterocycles. The van der Waals surface area contributed by atoms with Crippen molar-refractivity contribution >= 4 is 6.21 Å². The second kappa shape index (κ2) is 5.36. The monoisotopic (exact) mass is 176 g/mol. The molecule has 0 aromatic carbocycles. The molecule has 0 saturated heterocycles.